The number of likely N-dealkylation sites (tertiary alicyclic amines) is 1. The van der Waals surface area contributed by atoms with Crippen LogP contribution in [0.5, 0.6) is 0 Å². The minimum Gasteiger partial charge on any atom is -0.350 e. The van der Waals surface area contributed by atoms with E-state index in [-0.39, 0.29) is 5.91 Å². The van der Waals surface area contributed by atoms with E-state index in [0.717, 1.165) is 37.0 Å². The molecule has 1 aliphatic rings. The number of aryl methyl sites for hydroxylation is 1. The molecule has 7 heteroatoms. The highest BCUT2D eigenvalue weighted by Gasteiger charge is 2.31. The lowest BCUT2D eigenvalue weighted by Gasteiger charge is -2.30. The van der Waals surface area contributed by atoms with Crippen molar-refractivity contribution < 1.29 is 13.2 Å². The first kappa shape index (κ1) is 23.3. The first-order chi connectivity index (χ1) is 14.8. The van der Waals surface area contributed by atoms with Gasteiger partial charge in [-0.25, -0.2) is 8.42 Å². The van der Waals surface area contributed by atoms with Crippen molar-refractivity contribution in [2.75, 3.05) is 23.7 Å². The van der Waals surface area contributed by atoms with Crippen LogP contribution in [0.4, 0.5) is 5.69 Å². The molecule has 0 saturated carbocycles. The molecule has 1 heterocycles. The molecule has 168 valence electrons. The smallest absolute Gasteiger partial charge is 0.244 e. The number of sulfonamides is 1. The van der Waals surface area contributed by atoms with Crippen LogP contribution >= 0.6 is 0 Å². The summed E-state index contributed by atoms with van der Waals surface area (Å²) in [7, 11) is -3.62. The van der Waals surface area contributed by atoms with Gasteiger partial charge in [-0.3, -0.25) is 14.0 Å². The highest BCUT2D eigenvalue weighted by Crippen LogP contribution is 2.23. The number of anilines is 1. The zero-order valence-electron chi connectivity index (χ0n) is 18.7. The van der Waals surface area contributed by atoms with E-state index in [4.69, 9.17) is 0 Å². The van der Waals surface area contributed by atoms with Gasteiger partial charge in [-0.2, -0.15) is 0 Å². The second-order valence-electron chi connectivity index (χ2n) is 8.34. The fraction of sp³-hybridized carbons (Fsp3) is 0.458. The van der Waals surface area contributed by atoms with E-state index < -0.39 is 16.1 Å². The molecule has 2 aromatic carbocycles. The highest BCUT2D eigenvalue weighted by atomic mass is 32.2. The fourth-order valence-electron chi connectivity index (χ4n) is 4.10. The van der Waals surface area contributed by atoms with Crippen LogP contribution in [-0.2, 0) is 27.9 Å². The van der Waals surface area contributed by atoms with Crippen molar-refractivity contribution in [3.63, 3.8) is 0 Å². The van der Waals surface area contributed by atoms with Crippen LogP contribution in [0, 0.1) is 6.92 Å². The first-order valence-corrected chi connectivity index (χ1v) is 12.8. The molecule has 31 heavy (non-hydrogen) atoms. The first-order valence-electron chi connectivity index (χ1n) is 10.9. The molecule has 0 aromatic heterocycles. The van der Waals surface area contributed by atoms with Crippen LogP contribution < -0.4 is 9.62 Å². The van der Waals surface area contributed by atoms with Gasteiger partial charge in [0, 0.05) is 13.1 Å². The zero-order chi connectivity index (χ0) is 22.4. The van der Waals surface area contributed by atoms with Gasteiger partial charge in [-0.1, -0.05) is 48.9 Å². The predicted molar refractivity (Wildman–Crippen MR) is 125 cm³/mol. The number of hydrogen-bond donors (Lipinski definition) is 1. The van der Waals surface area contributed by atoms with Crippen LogP contribution in [0.2, 0.25) is 0 Å². The average molecular weight is 444 g/mol. The van der Waals surface area contributed by atoms with Crippen molar-refractivity contribution >= 4 is 21.6 Å². The van der Waals surface area contributed by atoms with E-state index >= 15 is 0 Å². The Morgan fingerprint density at radius 1 is 1.10 bits per heavy atom. The Balaban J connectivity index is 1.70. The van der Waals surface area contributed by atoms with E-state index in [1.807, 2.05) is 38.1 Å². The van der Waals surface area contributed by atoms with Crippen molar-refractivity contribution in [1.29, 1.82) is 0 Å². The summed E-state index contributed by atoms with van der Waals surface area (Å²) in [5.74, 6) is -0.293. The quantitative estimate of drug-likeness (QED) is 0.644. The van der Waals surface area contributed by atoms with Gasteiger partial charge in [0.1, 0.15) is 6.04 Å². The minimum absolute atomic E-state index is 0.293. The maximum Gasteiger partial charge on any atom is 0.244 e. The van der Waals surface area contributed by atoms with Gasteiger partial charge in [0.25, 0.3) is 0 Å². The molecule has 3 rings (SSSR count). The van der Waals surface area contributed by atoms with E-state index in [2.05, 4.69) is 22.3 Å². The van der Waals surface area contributed by atoms with E-state index in [9.17, 15) is 13.2 Å². The zero-order valence-corrected chi connectivity index (χ0v) is 19.5. The summed E-state index contributed by atoms with van der Waals surface area (Å²) in [6.07, 6.45) is 4.03. The standard InChI is InChI=1S/C24H33N3O3S/c1-4-23(27(31(3,29)30)22-12-10-19(2)11-13-22)24(28)25-17-20-8-7-9-21(16-20)18-26-14-5-6-15-26/h7-13,16,23H,4-6,14-15,17-18H2,1-3H3,(H,25,28). The summed E-state index contributed by atoms with van der Waals surface area (Å²) < 4.78 is 26.3. The summed E-state index contributed by atoms with van der Waals surface area (Å²) >= 11 is 0. The summed E-state index contributed by atoms with van der Waals surface area (Å²) in [4.78, 5) is 15.5. The topological polar surface area (TPSA) is 69.7 Å². The van der Waals surface area contributed by atoms with Crippen molar-refractivity contribution in [2.24, 2.45) is 0 Å². The number of nitrogens with one attached hydrogen (secondary N) is 1. The molecule has 1 aliphatic heterocycles. The summed E-state index contributed by atoms with van der Waals surface area (Å²) in [5.41, 5.74) is 3.78. The largest absolute Gasteiger partial charge is 0.350 e. The van der Waals surface area contributed by atoms with Crippen LogP contribution in [-0.4, -0.2) is 44.6 Å². The van der Waals surface area contributed by atoms with E-state index in [0.29, 0.717) is 18.7 Å². The van der Waals surface area contributed by atoms with Crippen molar-refractivity contribution in [1.82, 2.24) is 10.2 Å². The average Bonchev–Trinajstić information content (AvgIpc) is 3.23. The Kier molecular flexibility index (Phi) is 7.73. The number of rotatable bonds is 9. The lowest BCUT2D eigenvalue weighted by molar-refractivity contribution is -0.122. The molecule has 1 saturated heterocycles. The molecule has 1 amide bonds. The molecule has 0 aliphatic carbocycles. The molecule has 2 aromatic rings. The maximum absolute atomic E-state index is 13.0. The van der Waals surface area contributed by atoms with Crippen LogP contribution in [0.3, 0.4) is 0 Å². The van der Waals surface area contributed by atoms with Gasteiger partial charge in [0.05, 0.1) is 11.9 Å². The van der Waals surface area contributed by atoms with Crippen LogP contribution in [0.1, 0.15) is 42.9 Å². The third-order valence-electron chi connectivity index (χ3n) is 5.68. The Morgan fingerprint density at radius 3 is 2.35 bits per heavy atom. The fourth-order valence-corrected chi connectivity index (χ4v) is 5.31. The second-order valence-corrected chi connectivity index (χ2v) is 10.2. The third-order valence-corrected chi connectivity index (χ3v) is 6.86. The molecule has 1 fully saturated rings. The van der Waals surface area contributed by atoms with Crippen molar-refractivity contribution in [2.45, 2.75) is 52.2 Å². The number of benzene rings is 2. The number of hydrogen-bond acceptors (Lipinski definition) is 4. The Morgan fingerprint density at radius 2 is 1.74 bits per heavy atom. The predicted octanol–water partition coefficient (Wildman–Crippen LogP) is 3.45. The number of carbonyl (C=O) groups is 1. The van der Waals surface area contributed by atoms with Gasteiger partial charge in [0.15, 0.2) is 0 Å². The maximum atomic E-state index is 13.0. The van der Waals surface area contributed by atoms with Crippen molar-refractivity contribution in [3.05, 3.63) is 65.2 Å². The Hall–Kier alpha value is -2.38. The number of carbonyl (C=O) groups excluding carboxylic acids is 1. The van der Waals surface area contributed by atoms with E-state index in [1.165, 1.54) is 22.7 Å². The molecule has 0 bridgehead atoms. The molecular formula is C24H33N3O3S. The number of nitrogens with zero attached hydrogens (tertiary/aromatic N) is 2. The molecule has 6 nitrogen and oxygen atoms in total. The molecule has 0 spiro atoms. The SMILES string of the molecule is CCC(C(=O)NCc1cccc(CN2CCCC2)c1)N(c1ccc(C)cc1)S(C)(=O)=O. The highest BCUT2D eigenvalue weighted by molar-refractivity contribution is 7.92. The summed E-state index contributed by atoms with van der Waals surface area (Å²) in [6.45, 7) is 7.34. The van der Waals surface area contributed by atoms with E-state index in [1.54, 1.807) is 12.1 Å². The summed E-state index contributed by atoms with van der Waals surface area (Å²) in [6, 6.07) is 14.6. The molecule has 0 radical (unpaired) electrons. The minimum atomic E-state index is -3.62. The monoisotopic (exact) mass is 443 g/mol. The summed E-state index contributed by atoms with van der Waals surface area (Å²) in [5, 5.41) is 2.95. The Bertz CT molecular complexity index is 983. The van der Waals surface area contributed by atoms with Gasteiger partial charge in [0.2, 0.25) is 15.9 Å². The van der Waals surface area contributed by atoms with Gasteiger partial charge in [-0.15, -0.1) is 0 Å². The normalized spacial score (nSPS) is 15.6. The van der Waals surface area contributed by atoms with Gasteiger partial charge < -0.3 is 5.32 Å². The lowest BCUT2D eigenvalue weighted by Crippen LogP contribution is -2.49. The van der Waals surface area contributed by atoms with Gasteiger partial charge in [-0.05, 0) is 62.5 Å². The number of amides is 1. The van der Waals surface area contributed by atoms with Crippen LogP contribution in [0.25, 0.3) is 0 Å². The third kappa shape index (κ3) is 6.31. The van der Waals surface area contributed by atoms with Gasteiger partial charge >= 0.3 is 0 Å². The Labute approximate surface area is 186 Å². The van der Waals surface area contributed by atoms with Crippen molar-refractivity contribution in [3.8, 4) is 0 Å². The second kappa shape index (κ2) is 10.3. The molecule has 1 atom stereocenters. The lowest BCUT2D eigenvalue weighted by atomic mass is 10.1. The molecular weight excluding hydrogens is 410 g/mol. The van der Waals surface area contributed by atoms with Crippen LogP contribution in [0.15, 0.2) is 48.5 Å². The molecule has 1 unspecified atom stereocenters. The molecule has 1 N–H and O–H groups in total.